The molecule has 2 heterocycles. The number of carbonyl (C=O) groups excluding carboxylic acids is 1. The molecule has 0 saturated carbocycles. The Morgan fingerprint density at radius 3 is 2.93 bits per heavy atom. The number of nitrogens with zero attached hydrogens (tertiary/aromatic N) is 2. The minimum absolute atomic E-state index is 0.154. The van der Waals surface area contributed by atoms with Crippen LogP contribution in [0.2, 0.25) is 0 Å². The van der Waals surface area contributed by atoms with Crippen LogP contribution < -0.4 is 4.74 Å². The van der Waals surface area contributed by atoms with Crippen LogP contribution in [0.3, 0.4) is 0 Å². The van der Waals surface area contributed by atoms with Gasteiger partial charge in [-0.15, -0.1) is 0 Å². The highest BCUT2D eigenvalue weighted by Crippen LogP contribution is 2.29. The van der Waals surface area contributed by atoms with Gasteiger partial charge in [-0.3, -0.25) is 4.79 Å². The van der Waals surface area contributed by atoms with E-state index in [9.17, 15) is 9.18 Å². The molecule has 2 aromatic carbocycles. The Morgan fingerprint density at radius 2 is 2.11 bits per heavy atom. The van der Waals surface area contributed by atoms with Gasteiger partial charge in [-0.2, -0.15) is 4.98 Å². The molecule has 4 rings (SSSR count). The average Bonchev–Trinajstić information content (AvgIpc) is 3.20. The maximum absolute atomic E-state index is 13.7. The van der Waals surface area contributed by atoms with E-state index >= 15 is 0 Å². The van der Waals surface area contributed by atoms with E-state index in [-0.39, 0.29) is 30.1 Å². The zero-order valence-corrected chi connectivity index (χ0v) is 15.5. The zero-order chi connectivity index (χ0) is 19.7. The highest BCUT2D eigenvalue weighted by Gasteiger charge is 2.29. The number of fused-ring (bicyclic) bond motifs is 1. The van der Waals surface area contributed by atoms with Crippen LogP contribution in [0.1, 0.15) is 30.0 Å². The van der Waals surface area contributed by atoms with Gasteiger partial charge in [0, 0.05) is 5.56 Å². The third-order valence-corrected chi connectivity index (χ3v) is 4.72. The molecule has 28 heavy (non-hydrogen) atoms. The summed E-state index contributed by atoms with van der Waals surface area (Å²) in [5.41, 5.74) is 2.00. The molecule has 1 aliphatic rings. The Kier molecular flexibility index (Phi) is 4.81. The van der Waals surface area contributed by atoms with E-state index in [1.807, 2.05) is 24.3 Å². The van der Waals surface area contributed by atoms with Crippen LogP contribution in [-0.4, -0.2) is 22.7 Å². The number of esters is 1. The van der Waals surface area contributed by atoms with E-state index < -0.39 is 12.0 Å². The Morgan fingerprint density at radius 1 is 1.29 bits per heavy atom. The maximum Gasteiger partial charge on any atom is 0.313 e. The first-order valence-electron chi connectivity index (χ1n) is 9.02. The number of aromatic nitrogens is 2. The lowest BCUT2D eigenvalue weighted by molar-refractivity contribution is -0.156. The Labute approximate surface area is 161 Å². The number of carbonyl (C=O) groups is 1. The molecule has 7 heteroatoms. The SMILES string of the molecule is Cc1ccc(-c2noc(C(C)OC(=O)C3COc4ccccc4C3)n2)cc1F. The molecule has 6 nitrogen and oxygen atoms in total. The van der Waals surface area contributed by atoms with Crippen LogP contribution in [0, 0.1) is 18.7 Å². The van der Waals surface area contributed by atoms with Crippen molar-refractivity contribution in [2.45, 2.75) is 26.4 Å². The summed E-state index contributed by atoms with van der Waals surface area (Å²) in [5.74, 6) is 0.0645. The fourth-order valence-electron chi connectivity index (χ4n) is 3.05. The van der Waals surface area contributed by atoms with Crippen molar-refractivity contribution in [3.05, 3.63) is 65.3 Å². The van der Waals surface area contributed by atoms with E-state index in [0.717, 1.165) is 11.3 Å². The fourth-order valence-corrected chi connectivity index (χ4v) is 3.05. The van der Waals surface area contributed by atoms with Gasteiger partial charge in [0.05, 0.1) is 5.92 Å². The first kappa shape index (κ1) is 18.2. The maximum atomic E-state index is 13.7. The van der Waals surface area contributed by atoms with Crippen LogP contribution in [0.15, 0.2) is 47.0 Å². The highest BCUT2D eigenvalue weighted by atomic mass is 19.1. The molecule has 0 spiro atoms. The van der Waals surface area contributed by atoms with Gasteiger partial charge in [-0.25, -0.2) is 4.39 Å². The molecule has 0 N–H and O–H groups in total. The summed E-state index contributed by atoms with van der Waals surface area (Å²) >= 11 is 0. The Balaban J connectivity index is 1.43. The summed E-state index contributed by atoms with van der Waals surface area (Å²) in [6, 6.07) is 12.3. The lowest BCUT2D eigenvalue weighted by Gasteiger charge is -2.24. The van der Waals surface area contributed by atoms with Crippen molar-refractivity contribution >= 4 is 5.97 Å². The average molecular weight is 382 g/mol. The normalized spacial score (nSPS) is 16.8. The van der Waals surface area contributed by atoms with Crippen molar-refractivity contribution in [2.24, 2.45) is 5.92 Å². The number of benzene rings is 2. The number of hydrogen-bond acceptors (Lipinski definition) is 6. The molecular formula is C21H19FN2O4. The molecule has 0 bridgehead atoms. The van der Waals surface area contributed by atoms with E-state index in [1.54, 1.807) is 26.0 Å². The molecule has 1 aliphatic heterocycles. The lowest BCUT2D eigenvalue weighted by atomic mass is 9.97. The zero-order valence-electron chi connectivity index (χ0n) is 15.5. The van der Waals surface area contributed by atoms with Gasteiger partial charge in [0.1, 0.15) is 18.2 Å². The monoisotopic (exact) mass is 382 g/mol. The van der Waals surface area contributed by atoms with Gasteiger partial charge in [-0.1, -0.05) is 35.5 Å². The topological polar surface area (TPSA) is 74.5 Å². The van der Waals surface area contributed by atoms with Gasteiger partial charge in [0.25, 0.3) is 5.89 Å². The third-order valence-electron chi connectivity index (χ3n) is 4.72. The number of aryl methyl sites for hydroxylation is 1. The van der Waals surface area contributed by atoms with E-state index in [0.29, 0.717) is 17.5 Å². The number of hydrogen-bond donors (Lipinski definition) is 0. The number of ether oxygens (including phenoxy) is 2. The number of para-hydroxylation sites is 1. The summed E-state index contributed by atoms with van der Waals surface area (Å²) in [6.07, 6.45) is -0.166. The smallest absolute Gasteiger partial charge is 0.313 e. The predicted octanol–water partition coefficient (Wildman–Crippen LogP) is 4.04. The van der Waals surface area contributed by atoms with E-state index in [2.05, 4.69) is 10.1 Å². The van der Waals surface area contributed by atoms with Crippen LogP contribution in [-0.2, 0) is 16.0 Å². The third kappa shape index (κ3) is 3.60. The summed E-state index contributed by atoms with van der Waals surface area (Å²) in [5, 5.41) is 3.86. The van der Waals surface area contributed by atoms with Gasteiger partial charge >= 0.3 is 5.97 Å². The molecular weight excluding hydrogens is 363 g/mol. The van der Waals surface area contributed by atoms with Crippen LogP contribution >= 0.6 is 0 Å². The van der Waals surface area contributed by atoms with Crippen molar-refractivity contribution in [2.75, 3.05) is 6.61 Å². The minimum atomic E-state index is -0.721. The molecule has 0 amide bonds. The molecule has 0 radical (unpaired) electrons. The van der Waals surface area contributed by atoms with Crippen molar-refractivity contribution in [3.8, 4) is 17.1 Å². The second kappa shape index (κ2) is 7.42. The van der Waals surface area contributed by atoms with E-state index in [1.165, 1.54) is 6.07 Å². The minimum Gasteiger partial charge on any atom is -0.492 e. The second-order valence-corrected chi connectivity index (χ2v) is 6.82. The first-order chi connectivity index (χ1) is 13.5. The van der Waals surface area contributed by atoms with Crippen molar-refractivity contribution < 1.29 is 23.2 Å². The standard InChI is InChI=1S/C21H19FN2O4/c1-12-7-8-15(10-17(12)22)19-23-20(28-24-19)13(2)27-21(25)16-9-14-5-3-4-6-18(14)26-11-16/h3-8,10,13,16H,9,11H2,1-2H3. The summed E-state index contributed by atoms with van der Waals surface area (Å²) in [4.78, 5) is 16.7. The summed E-state index contributed by atoms with van der Waals surface area (Å²) in [7, 11) is 0. The molecule has 2 atom stereocenters. The molecule has 144 valence electrons. The van der Waals surface area contributed by atoms with Gasteiger partial charge in [0.2, 0.25) is 5.82 Å². The van der Waals surface area contributed by atoms with Crippen LogP contribution in [0.25, 0.3) is 11.4 Å². The Hall–Kier alpha value is -3.22. The molecule has 2 unspecified atom stereocenters. The van der Waals surface area contributed by atoms with Crippen molar-refractivity contribution in [1.82, 2.24) is 10.1 Å². The fraction of sp³-hybridized carbons (Fsp3) is 0.286. The highest BCUT2D eigenvalue weighted by molar-refractivity contribution is 5.74. The number of rotatable bonds is 4. The molecule has 0 fully saturated rings. The first-order valence-corrected chi connectivity index (χ1v) is 9.02. The molecule has 0 saturated heterocycles. The number of halogens is 1. The quantitative estimate of drug-likeness (QED) is 0.634. The van der Waals surface area contributed by atoms with Gasteiger partial charge < -0.3 is 14.0 Å². The van der Waals surface area contributed by atoms with Gasteiger partial charge in [-0.05, 0) is 43.5 Å². The van der Waals surface area contributed by atoms with Crippen LogP contribution in [0.4, 0.5) is 4.39 Å². The van der Waals surface area contributed by atoms with Crippen molar-refractivity contribution in [3.63, 3.8) is 0 Å². The molecule has 0 aliphatic carbocycles. The Bertz CT molecular complexity index is 1020. The lowest BCUT2D eigenvalue weighted by Crippen LogP contribution is -2.30. The second-order valence-electron chi connectivity index (χ2n) is 6.82. The summed E-state index contributed by atoms with van der Waals surface area (Å²) in [6.45, 7) is 3.60. The largest absolute Gasteiger partial charge is 0.492 e. The van der Waals surface area contributed by atoms with Crippen LogP contribution in [0.5, 0.6) is 5.75 Å². The predicted molar refractivity (Wildman–Crippen MR) is 98.1 cm³/mol. The summed E-state index contributed by atoms with van der Waals surface area (Å²) < 4.78 is 30.1. The molecule has 3 aromatic rings. The van der Waals surface area contributed by atoms with Gasteiger partial charge in [0.15, 0.2) is 6.10 Å². The van der Waals surface area contributed by atoms with Crippen molar-refractivity contribution in [1.29, 1.82) is 0 Å². The molecule has 1 aromatic heterocycles. The van der Waals surface area contributed by atoms with E-state index in [4.69, 9.17) is 14.0 Å².